The van der Waals surface area contributed by atoms with Crippen LogP contribution in [0.15, 0.2) is 30.3 Å². The Morgan fingerprint density at radius 3 is 2.68 bits per heavy atom. The highest BCUT2D eigenvalue weighted by Gasteiger charge is 2.24. The molecule has 3 nitrogen and oxygen atoms in total. The number of hydrogen-bond donors (Lipinski definition) is 1. The fourth-order valence-electron chi connectivity index (χ4n) is 3.44. The Labute approximate surface area is 135 Å². The van der Waals surface area contributed by atoms with Crippen LogP contribution in [0.1, 0.15) is 57.6 Å². The summed E-state index contributed by atoms with van der Waals surface area (Å²) in [7, 11) is 0. The van der Waals surface area contributed by atoms with E-state index in [1.54, 1.807) is 0 Å². The van der Waals surface area contributed by atoms with Crippen molar-refractivity contribution in [2.75, 3.05) is 19.6 Å². The van der Waals surface area contributed by atoms with Crippen LogP contribution in [0, 0.1) is 5.92 Å². The Kier molecular flexibility index (Phi) is 6.91. The number of hydrogen-bond acceptors (Lipinski definition) is 2. The van der Waals surface area contributed by atoms with E-state index < -0.39 is 0 Å². The van der Waals surface area contributed by atoms with E-state index in [2.05, 4.69) is 48.3 Å². The van der Waals surface area contributed by atoms with E-state index in [9.17, 15) is 4.79 Å². The minimum Gasteiger partial charge on any atom is -0.336 e. The molecule has 1 amide bonds. The molecule has 2 unspecified atom stereocenters. The minimum atomic E-state index is 0.218. The number of carbonyl (C=O) groups excluding carboxylic acids is 1. The van der Waals surface area contributed by atoms with Crippen molar-refractivity contribution in [2.45, 2.75) is 52.0 Å². The maximum absolute atomic E-state index is 12.8. The number of benzene rings is 1. The average molecular weight is 302 g/mol. The van der Waals surface area contributed by atoms with E-state index in [1.165, 1.54) is 12.0 Å². The molecular formula is C19H30N2O. The van der Waals surface area contributed by atoms with Crippen LogP contribution in [0.5, 0.6) is 0 Å². The van der Waals surface area contributed by atoms with E-state index in [0.29, 0.717) is 18.2 Å². The molecule has 1 N–H and O–H groups in total. The molecule has 1 aliphatic heterocycles. The monoisotopic (exact) mass is 302 g/mol. The van der Waals surface area contributed by atoms with E-state index in [1.807, 2.05) is 6.07 Å². The fourth-order valence-corrected chi connectivity index (χ4v) is 3.44. The molecule has 122 valence electrons. The van der Waals surface area contributed by atoms with Crippen molar-refractivity contribution in [3.05, 3.63) is 35.9 Å². The second-order valence-corrected chi connectivity index (χ2v) is 6.32. The zero-order chi connectivity index (χ0) is 15.8. The predicted octanol–water partition coefficient (Wildman–Crippen LogP) is 3.77. The molecule has 1 fully saturated rings. The molecule has 22 heavy (non-hydrogen) atoms. The van der Waals surface area contributed by atoms with Crippen LogP contribution in [-0.4, -0.2) is 30.4 Å². The van der Waals surface area contributed by atoms with Gasteiger partial charge in [-0.05, 0) is 50.3 Å². The molecule has 0 radical (unpaired) electrons. The van der Waals surface area contributed by atoms with Gasteiger partial charge in [-0.25, -0.2) is 0 Å². The summed E-state index contributed by atoms with van der Waals surface area (Å²) in [5.74, 6) is 1.01. The third-order valence-corrected chi connectivity index (χ3v) is 4.66. The summed E-state index contributed by atoms with van der Waals surface area (Å²) in [6.07, 6.45) is 4.92. The third-order valence-electron chi connectivity index (χ3n) is 4.66. The van der Waals surface area contributed by atoms with Gasteiger partial charge in [-0.2, -0.15) is 0 Å². The lowest BCUT2D eigenvalue weighted by atomic mass is 9.99. The van der Waals surface area contributed by atoms with Crippen molar-refractivity contribution in [2.24, 2.45) is 5.92 Å². The van der Waals surface area contributed by atoms with Gasteiger partial charge in [0.15, 0.2) is 0 Å². The Hall–Kier alpha value is -1.35. The topological polar surface area (TPSA) is 32.3 Å². The lowest BCUT2D eigenvalue weighted by Crippen LogP contribution is -2.35. The van der Waals surface area contributed by atoms with Crippen LogP contribution in [0.3, 0.4) is 0 Å². The molecule has 2 atom stereocenters. The van der Waals surface area contributed by atoms with Gasteiger partial charge in [-0.3, -0.25) is 4.79 Å². The quantitative estimate of drug-likeness (QED) is 0.793. The summed E-state index contributed by atoms with van der Waals surface area (Å²) in [4.78, 5) is 14.9. The maximum atomic E-state index is 12.8. The van der Waals surface area contributed by atoms with Crippen molar-refractivity contribution in [1.29, 1.82) is 0 Å². The molecule has 0 bridgehead atoms. The highest BCUT2D eigenvalue weighted by Crippen LogP contribution is 2.26. The van der Waals surface area contributed by atoms with Crippen LogP contribution < -0.4 is 5.32 Å². The summed E-state index contributed by atoms with van der Waals surface area (Å²) >= 11 is 0. The molecule has 0 saturated carbocycles. The summed E-state index contributed by atoms with van der Waals surface area (Å²) < 4.78 is 0. The second kappa shape index (κ2) is 8.94. The fraction of sp³-hybridized carbons (Fsp3) is 0.632. The van der Waals surface area contributed by atoms with Gasteiger partial charge in [0.25, 0.3) is 0 Å². The highest BCUT2D eigenvalue weighted by molar-refractivity contribution is 5.76. The Bertz CT molecular complexity index is 440. The lowest BCUT2D eigenvalue weighted by Gasteiger charge is -2.32. The van der Waals surface area contributed by atoms with Crippen molar-refractivity contribution in [1.82, 2.24) is 10.2 Å². The molecule has 2 rings (SSSR count). The molecule has 1 saturated heterocycles. The van der Waals surface area contributed by atoms with Crippen LogP contribution >= 0.6 is 0 Å². The number of rotatable bonds is 8. The number of nitrogens with one attached hydrogen (secondary N) is 1. The highest BCUT2D eigenvalue weighted by atomic mass is 16.2. The largest absolute Gasteiger partial charge is 0.336 e. The van der Waals surface area contributed by atoms with E-state index in [0.717, 1.165) is 38.9 Å². The summed E-state index contributed by atoms with van der Waals surface area (Å²) in [5.41, 5.74) is 1.26. The smallest absolute Gasteiger partial charge is 0.223 e. The third kappa shape index (κ3) is 4.57. The standard InChI is InChI=1S/C19H30N2O/c1-3-14-21(18(4-2)17-8-6-5-7-9-17)19(22)11-10-16-12-13-20-15-16/h5-9,16,18,20H,3-4,10-15H2,1-2H3. The van der Waals surface area contributed by atoms with Crippen LogP contribution in [0.25, 0.3) is 0 Å². The molecule has 0 aromatic heterocycles. The minimum absolute atomic E-state index is 0.218. The van der Waals surface area contributed by atoms with Gasteiger partial charge in [-0.1, -0.05) is 44.2 Å². The van der Waals surface area contributed by atoms with Gasteiger partial charge in [0, 0.05) is 13.0 Å². The van der Waals surface area contributed by atoms with Gasteiger partial charge in [0.2, 0.25) is 5.91 Å². The van der Waals surface area contributed by atoms with Gasteiger partial charge in [0.1, 0.15) is 0 Å². The first-order valence-electron chi connectivity index (χ1n) is 8.81. The first-order chi connectivity index (χ1) is 10.8. The summed E-state index contributed by atoms with van der Waals surface area (Å²) in [5, 5.41) is 3.39. The number of amides is 1. The first kappa shape index (κ1) is 17.0. The Morgan fingerprint density at radius 1 is 1.32 bits per heavy atom. The lowest BCUT2D eigenvalue weighted by molar-refractivity contribution is -0.134. The molecule has 0 aliphatic carbocycles. The second-order valence-electron chi connectivity index (χ2n) is 6.32. The van der Waals surface area contributed by atoms with Crippen LogP contribution in [0.4, 0.5) is 0 Å². The SMILES string of the molecule is CCCN(C(=O)CCC1CCNC1)C(CC)c1ccccc1. The molecule has 1 aromatic rings. The average Bonchev–Trinajstić information content (AvgIpc) is 3.07. The van der Waals surface area contributed by atoms with Crippen molar-refractivity contribution in [3.63, 3.8) is 0 Å². The van der Waals surface area contributed by atoms with Gasteiger partial charge >= 0.3 is 0 Å². The van der Waals surface area contributed by atoms with Crippen molar-refractivity contribution < 1.29 is 4.79 Å². The molecule has 0 spiro atoms. The van der Waals surface area contributed by atoms with E-state index >= 15 is 0 Å². The van der Waals surface area contributed by atoms with Crippen LogP contribution in [0.2, 0.25) is 0 Å². The molecule has 1 heterocycles. The maximum Gasteiger partial charge on any atom is 0.223 e. The predicted molar refractivity (Wildman–Crippen MR) is 91.7 cm³/mol. The number of nitrogens with zero attached hydrogens (tertiary/aromatic N) is 1. The normalized spacial score (nSPS) is 19.1. The van der Waals surface area contributed by atoms with Crippen molar-refractivity contribution in [3.8, 4) is 0 Å². The molecular weight excluding hydrogens is 272 g/mol. The molecule has 1 aliphatic rings. The van der Waals surface area contributed by atoms with Gasteiger partial charge < -0.3 is 10.2 Å². The summed E-state index contributed by atoms with van der Waals surface area (Å²) in [6, 6.07) is 10.7. The zero-order valence-corrected chi connectivity index (χ0v) is 14.1. The van der Waals surface area contributed by atoms with Crippen LogP contribution in [-0.2, 0) is 4.79 Å². The van der Waals surface area contributed by atoms with E-state index in [4.69, 9.17) is 0 Å². The molecule has 3 heteroatoms. The van der Waals surface area contributed by atoms with Gasteiger partial charge in [0.05, 0.1) is 6.04 Å². The first-order valence-corrected chi connectivity index (χ1v) is 8.81. The summed E-state index contributed by atoms with van der Waals surface area (Å²) in [6.45, 7) is 7.37. The van der Waals surface area contributed by atoms with E-state index in [-0.39, 0.29) is 6.04 Å². The van der Waals surface area contributed by atoms with Gasteiger partial charge in [-0.15, -0.1) is 0 Å². The zero-order valence-electron chi connectivity index (χ0n) is 14.1. The van der Waals surface area contributed by atoms with Crippen molar-refractivity contribution >= 4 is 5.91 Å². The Balaban J connectivity index is 2.01. The molecule has 1 aromatic carbocycles. The Morgan fingerprint density at radius 2 is 2.09 bits per heavy atom. The number of carbonyl (C=O) groups is 1.